The molecule has 2 fully saturated rings. The van der Waals surface area contributed by atoms with Crippen LogP contribution < -0.4 is 5.32 Å². The molecule has 0 aromatic rings. The number of likely N-dealkylation sites (N-methyl/N-ethyl adjacent to an activating group) is 1. The highest BCUT2D eigenvalue weighted by Gasteiger charge is 2.37. The number of amides is 1. The fraction of sp³-hybridized carbons (Fsp3) is 0.917. The zero-order valence-corrected chi connectivity index (χ0v) is 11.5. The Morgan fingerprint density at radius 3 is 3.00 bits per heavy atom. The van der Waals surface area contributed by atoms with Crippen LogP contribution in [0, 0.1) is 5.92 Å². The van der Waals surface area contributed by atoms with Crippen molar-refractivity contribution in [2.45, 2.75) is 25.4 Å². The summed E-state index contributed by atoms with van der Waals surface area (Å²) in [5, 5.41) is 3.34. The number of nitrogens with zero attached hydrogens (tertiary/aromatic N) is 1. The third-order valence-electron chi connectivity index (χ3n) is 3.67. The van der Waals surface area contributed by atoms with Gasteiger partial charge in [0, 0.05) is 24.9 Å². The number of carbonyl (C=O) groups is 1. The Morgan fingerprint density at radius 1 is 1.53 bits per heavy atom. The summed E-state index contributed by atoms with van der Waals surface area (Å²) in [6.07, 6.45) is 1.13. The average Bonchev–Trinajstić information content (AvgIpc) is 2.98. The lowest BCUT2D eigenvalue weighted by Gasteiger charge is -2.28. The van der Waals surface area contributed by atoms with E-state index in [2.05, 4.69) is 12.2 Å². The van der Waals surface area contributed by atoms with Crippen LogP contribution in [-0.4, -0.2) is 61.2 Å². The van der Waals surface area contributed by atoms with Gasteiger partial charge in [-0.15, -0.1) is 0 Å². The topological polar surface area (TPSA) is 41.6 Å². The van der Waals surface area contributed by atoms with Crippen LogP contribution in [0.1, 0.15) is 13.3 Å². The van der Waals surface area contributed by atoms with Gasteiger partial charge < -0.3 is 15.0 Å². The van der Waals surface area contributed by atoms with E-state index < -0.39 is 0 Å². The maximum absolute atomic E-state index is 12.4. The van der Waals surface area contributed by atoms with Crippen LogP contribution in [0.5, 0.6) is 0 Å². The summed E-state index contributed by atoms with van der Waals surface area (Å²) in [4.78, 5) is 14.4. The van der Waals surface area contributed by atoms with Crippen molar-refractivity contribution in [2.75, 3.05) is 38.3 Å². The predicted octanol–water partition coefficient (Wildman–Crippen LogP) is 0.575. The fourth-order valence-corrected chi connectivity index (χ4v) is 3.80. The maximum Gasteiger partial charge on any atom is 0.229 e. The number of hydrogen-bond donors (Lipinski definition) is 1. The highest BCUT2D eigenvalue weighted by Crippen LogP contribution is 2.24. The molecule has 2 rings (SSSR count). The van der Waals surface area contributed by atoms with E-state index in [1.807, 2.05) is 23.7 Å². The molecule has 2 aliphatic rings. The van der Waals surface area contributed by atoms with E-state index in [1.54, 1.807) is 0 Å². The first kappa shape index (κ1) is 13.2. The minimum absolute atomic E-state index is 0.00514. The van der Waals surface area contributed by atoms with E-state index in [0.29, 0.717) is 19.3 Å². The molecule has 0 aromatic heterocycles. The number of nitrogens with one attached hydrogen (secondary N) is 1. The molecule has 98 valence electrons. The van der Waals surface area contributed by atoms with Gasteiger partial charge in [-0.2, -0.15) is 11.8 Å². The van der Waals surface area contributed by atoms with Gasteiger partial charge >= 0.3 is 0 Å². The molecule has 2 heterocycles. The fourth-order valence-electron chi connectivity index (χ4n) is 2.53. The monoisotopic (exact) mass is 258 g/mol. The highest BCUT2D eigenvalue weighted by molar-refractivity contribution is 7.99. The Balaban J connectivity index is 1.93. The summed E-state index contributed by atoms with van der Waals surface area (Å²) in [7, 11) is 1.94. The molecule has 4 nitrogen and oxygen atoms in total. The minimum Gasteiger partial charge on any atom is -0.379 e. The van der Waals surface area contributed by atoms with Crippen LogP contribution in [-0.2, 0) is 9.53 Å². The largest absolute Gasteiger partial charge is 0.379 e. The molecule has 0 radical (unpaired) electrons. The van der Waals surface area contributed by atoms with E-state index in [-0.39, 0.29) is 17.9 Å². The summed E-state index contributed by atoms with van der Waals surface area (Å²) >= 11 is 1.94. The average molecular weight is 258 g/mol. The van der Waals surface area contributed by atoms with Crippen LogP contribution in [0.3, 0.4) is 0 Å². The SMILES string of the molecule is CCNC1COCC1C(=O)N(C)C1CCSC1. The van der Waals surface area contributed by atoms with Gasteiger partial charge in [-0.25, -0.2) is 0 Å². The van der Waals surface area contributed by atoms with E-state index in [0.717, 1.165) is 18.7 Å². The molecule has 17 heavy (non-hydrogen) atoms. The Bertz CT molecular complexity index is 269. The highest BCUT2D eigenvalue weighted by atomic mass is 32.2. The van der Waals surface area contributed by atoms with Crippen molar-refractivity contribution in [1.82, 2.24) is 10.2 Å². The van der Waals surface area contributed by atoms with Gasteiger partial charge in [0.2, 0.25) is 5.91 Å². The predicted molar refractivity (Wildman–Crippen MR) is 70.3 cm³/mol. The molecule has 0 spiro atoms. The van der Waals surface area contributed by atoms with Crippen LogP contribution in [0.15, 0.2) is 0 Å². The molecule has 0 aromatic carbocycles. The molecular weight excluding hydrogens is 236 g/mol. The number of carbonyl (C=O) groups excluding carboxylic acids is 1. The Morgan fingerprint density at radius 2 is 2.35 bits per heavy atom. The first-order chi connectivity index (χ1) is 8.24. The van der Waals surface area contributed by atoms with Crippen molar-refractivity contribution >= 4 is 17.7 Å². The van der Waals surface area contributed by atoms with E-state index in [1.165, 1.54) is 5.75 Å². The second kappa shape index (κ2) is 6.07. The summed E-state index contributed by atoms with van der Waals surface area (Å²) in [5.41, 5.74) is 0. The van der Waals surface area contributed by atoms with Crippen LogP contribution in [0.4, 0.5) is 0 Å². The van der Waals surface area contributed by atoms with Gasteiger partial charge in [-0.1, -0.05) is 6.92 Å². The molecule has 1 amide bonds. The van der Waals surface area contributed by atoms with Gasteiger partial charge in [0.1, 0.15) is 0 Å². The normalized spacial score (nSPS) is 32.9. The maximum atomic E-state index is 12.4. The van der Waals surface area contributed by atoms with Gasteiger partial charge in [0.15, 0.2) is 0 Å². The van der Waals surface area contributed by atoms with Crippen LogP contribution >= 0.6 is 11.8 Å². The van der Waals surface area contributed by atoms with Crippen molar-refractivity contribution in [2.24, 2.45) is 5.92 Å². The van der Waals surface area contributed by atoms with Crippen LogP contribution in [0.2, 0.25) is 0 Å². The summed E-state index contributed by atoms with van der Waals surface area (Å²) in [5.74, 6) is 2.52. The molecule has 2 aliphatic heterocycles. The number of ether oxygens (including phenoxy) is 1. The summed E-state index contributed by atoms with van der Waals surface area (Å²) in [6.45, 7) is 4.19. The molecule has 3 atom stereocenters. The summed E-state index contributed by atoms with van der Waals surface area (Å²) < 4.78 is 5.44. The molecule has 0 aliphatic carbocycles. The molecule has 3 unspecified atom stereocenters. The number of hydrogen-bond acceptors (Lipinski definition) is 4. The minimum atomic E-state index is 0.00514. The first-order valence-corrected chi connectivity index (χ1v) is 7.55. The first-order valence-electron chi connectivity index (χ1n) is 6.39. The Hall–Kier alpha value is -0.260. The van der Waals surface area contributed by atoms with Gasteiger partial charge in [0.25, 0.3) is 0 Å². The van der Waals surface area contributed by atoms with Crippen molar-refractivity contribution < 1.29 is 9.53 Å². The molecule has 0 bridgehead atoms. The second-order valence-electron chi connectivity index (χ2n) is 4.77. The molecule has 2 saturated heterocycles. The van der Waals surface area contributed by atoms with E-state index in [4.69, 9.17) is 4.74 Å². The molecule has 5 heteroatoms. The third-order valence-corrected chi connectivity index (χ3v) is 4.81. The van der Waals surface area contributed by atoms with Crippen molar-refractivity contribution in [3.05, 3.63) is 0 Å². The quantitative estimate of drug-likeness (QED) is 0.801. The standard InChI is InChI=1S/C12H22N2O2S/c1-3-13-11-7-16-6-10(11)12(15)14(2)9-4-5-17-8-9/h9-11,13H,3-8H2,1-2H3. The number of thioether (sulfide) groups is 1. The van der Waals surface area contributed by atoms with Gasteiger partial charge in [0.05, 0.1) is 19.1 Å². The molecule has 0 saturated carbocycles. The summed E-state index contributed by atoms with van der Waals surface area (Å²) in [6, 6.07) is 0.624. The lowest BCUT2D eigenvalue weighted by atomic mass is 10.0. The number of rotatable bonds is 4. The van der Waals surface area contributed by atoms with E-state index >= 15 is 0 Å². The van der Waals surface area contributed by atoms with Crippen molar-refractivity contribution in [1.29, 1.82) is 0 Å². The zero-order valence-electron chi connectivity index (χ0n) is 10.6. The zero-order chi connectivity index (χ0) is 12.3. The van der Waals surface area contributed by atoms with Crippen LogP contribution in [0.25, 0.3) is 0 Å². The van der Waals surface area contributed by atoms with Crippen molar-refractivity contribution in [3.63, 3.8) is 0 Å². The van der Waals surface area contributed by atoms with Crippen molar-refractivity contribution in [3.8, 4) is 0 Å². The molecule has 1 N–H and O–H groups in total. The lowest BCUT2D eigenvalue weighted by Crippen LogP contribution is -2.47. The molecular formula is C12H22N2O2S. The third kappa shape index (κ3) is 2.95. The Kier molecular flexibility index (Phi) is 4.70. The smallest absolute Gasteiger partial charge is 0.229 e. The van der Waals surface area contributed by atoms with Gasteiger partial charge in [-0.3, -0.25) is 4.79 Å². The van der Waals surface area contributed by atoms with Gasteiger partial charge in [-0.05, 0) is 18.7 Å². The lowest BCUT2D eigenvalue weighted by molar-refractivity contribution is -0.136. The Labute approximate surface area is 107 Å². The second-order valence-corrected chi connectivity index (χ2v) is 5.92. The van der Waals surface area contributed by atoms with E-state index in [9.17, 15) is 4.79 Å².